The van der Waals surface area contributed by atoms with E-state index in [9.17, 15) is 8.42 Å². The van der Waals surface area contributed by atoms with E-state index >= 15 is 0 Å². The van der Waals surface area contributed by atoms with Crippen LogP contribution in [0.2, 0.25) is 5.15 Å². The Bertz CT molecular complexity index is 662. The molecule has 0 aliphatic heterocycles. The van der Waals surface area contributed by atoms with Gasteiger partial charge in [0.25, 0.3) is 0 Å². The second-order valence-corrected chi connectivity index (χ2v) is 6.25. The third-order valence-corrected chi connectivity index (χ3v) is 4.77. The van der Waals surface area contributed by atoms with E-state index in [-0.39, 0.29) is 16.6 Å². The minimum absolute atomic E-state index is 0.00454. The first-order chi connectivity index (χ1) is 9.01. The van der Waals surface area contributed by atoms with Gasteiger partial charge in [-0.2, -0.15) is 4.31 Å². The number of hydrogen-bond donors (Lipinski definition) is 0. The molecule has 0 aliphatic rings. The monoisotopic (exact) mass is 297 g/mol. The summed E-state index contributed by atoms with van der Waals surface area (Å²) in [6.45, 7) is 0.175. The van der Waals surface area contributed by atoms with Crippen LogP contribution in [0.4, 0.5) is 0 Å². The van der Waals surface area contributed by atoms with Crippen LogP contribution in [0.1, 0.15) is 5.69 Å². The molecule has 0 bridgehead atoms. The lowest BCUT2D eigenvalue weighted by molar-refractivity contribution is 0.462. The van der Waals surface area contributed by atoms with Crippen molar-refractivity contribution in [2.75, 3.05) is 7.05 Å². The predicted octanol–water partition coefficient (Wildman–Crippen LogP) is 1.95. The molecule has 7 heteroatoms. The third-order valence-electron chi connectivity index (χ3n) is 2.52. The van der Waals surface area contributed by atoms with Crippen molar-refractivity contribution in [1.29, 1.82) is 0 Å². The SMILES string of the molecule is CN(Cc1ccccn1)S(=O)(=O)c1cccnc1Cl. The van der Waals surface area contributed by atoms with Gasteiger partial charge in [0.05, 0.1) is 12.2 Å². The molecule has 0 atom stereocenters. The summed E-state index contributed by atoms with van der Waals surface area (Å²) >= 11 is 5.82. The van der Waals surface area contributed by atoms with Crippen molar-refractivity contribution in [2.24, 2.45) is 0 Å². The zero-order chi connectivity index (χ0) is 13.9. The Hall–Kier alpha value is -1.50. The van der Waals surface area contributed by atoms with E-state index in [1.54, 1.807) is 24.4 Å². The van der Waals surface area contributed by atoms with Crippen molar-refractivity contribution in [3.05, 3.63) is 53.6 Å². The summed E-state index contributed by atoms with van der Waals surface area (Å²) in [5, 5.41) is -0.0321. The zero-order valence-corrected chi connectivity index (χ0v) is 11.8. The maximum absolute atomic E-state index is 12.3. The summed E-state index contributed by atoms with van der Waals surface area (Å²) in [5.41, 5.74) is 0.661. The first-order valence-electron chi connectivity index (χ1n) is 5.48. The summed E-state index contributed by atoms with van der Waals surface area (Å²) in [4.78, 5) is 7.87. The molecule has 0 N–H and O–H groups in total. The lowest BCUT2D eigenvalue weighted by atomic mass is 10.3. The minimum atomic E-state index is -3.67. The molecule has 100 valence electrons. The fourth-order valence-electron chi connectivity index (χ4n) is 1.54. The second-order valence-electron chi connectivity index (χ2n) is 3.87. The van der Waals surface area contributed by atoms with Crippen LogP contribution in [-0.2, 0) is 16.6 Å². The van der Waals surface area contributed by atoms with E-state index in [0.29, 0.717) is 5.69 Å². The number of rotatable bonds is 4. The molecule has 2 rings (SSSR count). The van der Waals surface area contributed by atoms with Crippen molar-refractivity contribution in [3.8, 4) is 0 Å². The highest BCUT2D eigenvalue weighted by Gasteiger charge is 2.24. The van der Waals surface area contributed by atoms with Crippen molar-refractivity contribution in [2.45, 2.75) is 11.4 Å². The summed E-state index contributed by atoms with van der Waals surface area (Å²) in [5.74, 6) is 0. The highest BCUT2D eigenvalue weighted by atomic mass is 35.5. The average molecular weight is 298 g/mol. The topological polar surface area (TPSA) is 63.2 Å². The van der Waals surface area contributed by atoms with Gasteiger partial charge in [-0.25, -0.2) is 13.4 Å². The van der Waals surface area contributed by atoms with Gasteiger partial charge in [0, 0.05) is 19.4 Å². The third kappa shape index (κ3) is 3.09. The van der Waals surface area contributed by atoms with E-state index in [4.69, 9.17) is 11.6 Å². The Labute approximate surface area is 116 Å². The summed E-state index contributed by atoms with van der Waals surface area (Å²) < 4.78 is 25.9. The number of sulfonamides is 1. The largest absolute Gasteiger partial charge is 0.260 e. The van der Waals surface area contributed by atoms with Crippen LogP contribution < -0.4 is 0 Å². The zero-order valence-electron chi connectivity index (χ0n) is 10.2. The molecule has 2 heterocycles. The molecular formula is C12H12ClN3O2S. The van der Waals surface area contributed by atoms with E-state index in [0.717, 1.165) is 0 Å². The van der Waals surface area contributed by atoms with Gasteiger partial charge >= 0.3 is 0 Å². The fourth-order valence-corrected chi connectivity index (χ4v) is 3.10. The second kappa shape index (κ2) is 5.64. The van der Waals surface area contributed by atoms with Crippen molar-refractivity contribution in [1.82, 2.24) is 14.3 Å². The Morgan fingerprint density at radius 3 is 2.53 bits per heavy atom. The van der Waals surface area contributed by atoms with Gasteiger partial charge < -0.3 is 0 Å². The molecule has 0 saturated carbocycles. The smallest absolute Gasteiger partial charge is 0.246 e. The maximum Gasteiger partial charge on any atom is 0.246 e. The van der Waals surface area contributed by atoms with Crippen LogP contribution in [0.3, 0.4) is 0 Å². The maximum atomic E-state index is 12.3. The van der Waals surface area contributed by atoms with Gasteiger partial charge in [0.1, 0.15) is 10.0 Å². The molecule has 0 amide bonds. The van der Waals surface area contributed by atoms with E-state index in [1.807, 2.05) is 0 Å². The lowest BCUT2D eigenvalue weighted by Gasteiger charge is -2.17. The van der Waals surface area contributed by atoms with Crippen LogP contribution in [0, 0.1) is 0 Å². The van der Waals surface area contributed by atoms with E-state index < -0.39 is 10.0 Å². The molecule has 2 aromatic heterocycles. The molecule has 0 radical (unpaired) electrons. The first-order valence-corrected chi connectivity index (χ1v) is 7.30. The number of aromatic nitrogens is 2. The molecule has 0 unspecified atom stereocenters. The standard InChI is InChI=1S/C12H12ClN3O2S/c1-16(9-10-5-2-3-7-14-10)19(17,18)11-6-4-8-15-12(11)13/h2-8H,9H2,1H3. The Morgan fingerprint density at radius 2 is 1.89 bits per heavy atom. The van der Waals surface area contributed by atoms with E-state index in [1.165, 1.54) is 29.7 Å². The summed E-state index contributed by atoms with van der Waals surface area (Å²) in [6.07, 6.45) is 3.06. The number of halogens is 1. The predicted molar refractivity (Wildman–Crippen MR) is 72.1 cm³/mol. The Balaban J connectivity index is 2.28. The molecule has 5 nitrogen and oxygen atoms in total. The van der Waals surface area contributed by atoms with Gasteiger partial charge in [-0.1, -0.05) is 17.7 Å². The first kappa shape index (κ1) is 13.9. The van der Waals surface area contributed by atoms with Crippen molar-refractivity contribution < 1.29 is 8.42 Å². The average Bonchev–Trinajstić information content (AvgIpc) is 2.40. The molecule has 0 saturated heterocycles. The molecule has 0 spiro atoms. The quantitative estimate of drug-likeness (QED) is 0.809. The lowest BCUT2D eigenvalue weighted by Crippen LogP contribution is -2.27. The van der Waals surface area contributed by atoms with Gasteiger partial charge in [-0.3, -0.25) is 4.98 Å². The van der Waals surface area contributed by atoms with Crippen LogP contribution in [0.5, 0.6) is 0 Å². The van der Waals surface area contributed by atoms with Gasteiger partial charge in [0.2, 0.25) is 10.0 Å². The minimum Gasteiger partial charge on any atom is -0.260 e. The number of pyridine rings is 2. The molecule has 19 heavy (non-hydrogen) atoms. The van der Waals surface area contributed by atoms with Crippen LogP contribution in [-0.4, -0.2) is 29.7 Å². The Kier molecular flexibility index (Phi) is 4.14. The Morgan fingerprint density at radius 1 is 1.16 bits per heavy atom. The number of nitrogens with zero attached hydrogens (tertiary/aromatic N) is 3. The number of hydrogen-bond acceptors (Lipinski definition) is 4. The molecule has 0 fully saturated rings. The van der Waals surface area contributed by atoms with Gasteiger partial charge in [0.15, 0.2) is 0 Å². The van der Waals surface area contributed by atoms with E-state index in [2.05, 4.69) is 9.97 Å². The van der Waals surface area contributed by atoms with Crippen LogP contribution in [0.15, 0.2) is 47.6 Å². The molecule has 0 aliphatic carbocycles. The van der Waals surface area contributed by atoms with Crippen LogP contribution in [0.25, 0.3) is 0 Å². The van der Waals surface area contributed by atoms with Crippen molar-refractivity contribution >= 4 is 21.6 Å². The summed E-state index contributed by atoms with van der Waals surface area (Å²) in [6, 6.07) is 8.31. The highest BCUT2D eigenvalue weighted by molar-refractivity contribution is 7.89. The molecular weight excluding hydrogens is 286 g/mol. The van der Waals surface area contributed by atoms with Crippen LogP contribution >= 0.6 is 11.6 Å². The van der Waals surface area contributed by atoms with Crippen molar-refractivity contribution in [3.63, 3.8) is 0 Å². The fraction of sp³-hybridized carbons (Fsp3) is 0.167. The van der Waals surface area contributed by atoms with Gasteiger partial charge in [-0.15, -0.1) is 0 Å². The highest BCUT2D eigenvalue weighted by Crippen LogP contribution is 2.22. The molecule has 0 aromatic carbocycles. The summed E-state index contributed by atoms with van der Waals surface area (Å²) in [7, 11) is -2.19. The molecule has 2 aromatic rings. The normalized spacial score (nSPS) is 11.7. The van der Waals surface area contributed by atoms with Gasteiger partial charge in [-0.05, 0) is 24.3 Å².